The molecule has 5 nitrogen and oxygen atoms in total. The van der Waals surface area contributed by atoms with Crippen molar-refractivity contribution >= 4 is 11.6 Å². The Morgan fingerprint density at radius 3 is 2.90 bits per heavy atom. The summed E-state index contributed by atoms with van der Waals surface area (Å²) in [6, 6.07) is 7.32. The van der Waals surface area contributed by atoms with Gasteiger partial charge in [-0.15, -0.1) is 0 Å². The first-order valence-electron chi connectivity index (χ1n) is 6.44. The van der Waals surface area contributed by atoms with Crippen molar-refractivity contribution < 1.29 is 4.74 Å². The summed E-state index contributed by atoms with van der Waals surface area (Å²) in [6.07, 6.45) is 4.44. The first-order valence-corrected chi connectivity index (χ1v) is 6.82. The summed E-state index contributed by atoms with van der Waals surface area (Å²) in [5.41, 5.74) is 3.91. The molecule has 0 aliphatic heterocycles. The predicted octanol–water partition coefficient (Wildman–Crippen LogP) is 1.92. The van der Waals surface area contributed by atoms with E-state index in [1.165, 1.54) is 0 Å². The second kappa shape index (κ2) is 6.74. The largest absolute Gasteiger partial charge is 0.489 e. The number of hydrogen-bond acceptors (Lipinski definition) is 4. The fourth-order valence-corrected chi connectivity index (χ4v) is 2.21. The highest BCUT2D eigenvalue weighted by Crippen LogP contribution is 2.19. The maximum absolute atomic E-state index is 5.94. The van der Waals surface area contributed by atoms with Gasteiger partial charge in [0.05, 0.1) is 12.2 Å². The number of aromatic nitrogens is 2. The van der Waals surface area contributed by atoms with Crippen molar-refractivity contribution in [3.05, 3.63) is 47.2 Å². The number of aryl methyl sites for hydroxylation is 1. The maximum atomic E-state index is 5.94. The molecule has 0 amide bonds. The normalized spacial score (nSPS) is 14.0. The molecule has 6 heteroatoms. The van der Waals surface area contributed by atoms with Crippen LogP contribution in [-0.2, 0) is 13.5 Å². The Hall–Kier alpha value is -1.56. The Morgan fingerprint density at radius 1 is 1.50 bits per heavy atom. The lowest BCUT2D eigenvalue weighted by Crippen LogP contribution is -2.46. The van der Waals surface area contributed by atoms with Gasteiger partial charge in [-0.3, -0.25) is 16.0 Å². The third kappa shape index (κ3) is 3.96. The number of hydrazine groups is 1. The Balaban J connectivity index is 1.99. The molecule has 0 radical (unpaired) electrons. The van der Waals surface area contributed by atoms with Crippen LogP contribution in [0, 0.1) is 0 Å². The van der Waals surface area contributed by atoms with Crippen LogP contribution in [0.5, 0.6) is 5.75 Å². The minimum atomic E-state index is -0.0985. The number of rotatable bonds is 6. The van der Waals surface area contributed by atoms with Gasteiger partial charge in [0.25, 0.3) is 0 Å². The number of halogens is 1. The predicted molar refractivity (Wildman–Crippen MR) is 79.6 cm³/mol. The van der Waals surface area contributed by atoms with Crippen LogP contribution in [0.4, 0.5) is 0 Å². The van der Waals surface area contributed by atoms with E-state index in [2.05, 4.69) is 10.5 Å². The van der Waals surface area contributed by atoms with Crippen molar-refractivity contribution in [2.75, 3.05) is 0 Å². The minimum Gasteiger partial charge on any atom is -0.489 e. The summed E-state index contributed by atoms with van der Waals surface area (Å²) in [5.74, 6) is 6.36. The SMILES string of the molecule is CC(Oc1cccc(Cl)c1)C(Cc1cnn(C)c1)NN. The molecule has 108 valence electrons. The molecule has 1 heterocycles. The van der Waals surface area contributed by atoms with Crippen LogP contribution in [0.2, 0.25) is 5.02 Å². The second-order valence-electron chi connectivity index (χ2n) is 4.78. The third-order valence-electron chi connectivity index (χ3n) is 3.11. The Kier molecular flexibility index (Phi) is 5.00. The highest BCUT2D eigenvalue weighted by atomic mass is 35.5. The highest BCUT2D eigenvalue weighted by molar-refractivity contribution is 6.30. The van der Waals surface area contributed by atoms with Crippen LogP contribution in [0.25, 0.3) is 0 Å². The van der Waals surface area contributed by atoms with Crippen LogP contribution in [0.15, 0.2) is 36.7 Å². The van der Waals surface area contributed by atoms with E-state index in [1.807, 2.05) is 44.6 Å². The summed E-state index contributed by atoms with van der Waals surface area (Å²) >= 11 is 5.94. The fourth-order valence-electron chi connectivity index (χ4n) is 2.03. The van der Waals surface area contributed by atoms with Crippen molar-refractivity contribution in [2.24, 2.45) is 12.9 Å². The molecule has 3 N–H and O–H groups in total. The van der Waals surface area contributed by atoms with E-state index in [0.29, 0.717) is 5.02 Å². The number of ether oxygens (including phenoxy) is 1. The Bertz CT molecular complexity index is 558. The zero-order valence-electron chi connectivity index (χ0n) is 11.6. The van der Waals surface area contributed by atoms with Crippen LogP contribution in [0.1, 0.15) is 12.5 Å². The molecule has 0 saturated heterocycles. The second-order valence-corrected chi connectivity index (χ2v) is 5.22. The molecule has 0 aliphatic carbocycles. The van der Waals surface area contributed by atoms with E-state index in [-0.39, 0.29) is 12.1 Å². The number of benzene rings is 1. The van der Waals surface area contributed by atoms with E-state index in [1.54, 1.807) is 10.7 Å². The lowest BCUT2D eigenvalue weighted by atomic mass is 10.1. The fraction of sp³-hybridized carbons (Fsp3) is 0.357. The third-order valence-corrected chi connectivity index (χ3v) is 3.35. The topological polar surface area (TPSA) is 65.1 Å². The molecule has 0 aliphatic rings. The van der Waals surface area contributed by atoms with E-state index in [0.717, 1.165) is 17.7 Å². The van der Waals surface area contributed by atoms with Gasteiger partial charge < -0.3 is 4.74 Å². The lowest BCUT2D eigenvalue weighted by Gasteiger charge is -2.24. The van der Waals surface area contributed by atoms with Gasteiger partial charge in [0.15, 0.2) is 0 Å². The monoisotopic (exact) mass is 294 g/mol. The van der Waals surface area contributed by atoms with E-state index in [4.69, 9.17) is 22.2 Å². The molecule has 2 atom stereocenters. The molecular formula is C14H19ClN4O. The summed E-state index contributed by atoms with van der Waals surface area (Å²) in [6.45, 7) is 1.97. The van der Waals surface area contributed by atoms with Gasteiger partial charge in [-0.2, -0.15) is 5.10 Å². The maximum Gasteiger partial charge on any atom is 0.121 e. The zero-order valence-corrected chi connectivity index (χ0v) is 12.3. The molecule has 0 spiro atoms. The molecule has 2 unspecified atom stereocenters. The summed E-state index contributed by atoms with van der Waals surface area (Å²) < 4.78 is 7.64. The van der Waals surface area contributed by atoms with Crippen LogP contribution < -0.4 is 16.0 Å². The Morgan fingerprint density at radius 2 is 2.30 bits per heavy atom. The molecule has 2 aromatic rings. The van der Waals surface area contributed by atoms with Crippen molar-refractivity contribution in [1.29, 1.82) is 0 Å². The zero-order chi connectivity index (χ0) is 14.5. The van der Waals surface area contributed by atoms with Gasteiger partial charge in [0.1, 0.15) is 11.9 Å². The van der Waals surface area contributed by atoms with Crippen LogP contribution in [0.3, 0.4) is 0 Å². The smallest absolute Gasteiger partial charge is 0.121 e. The van der Waals surface area contributed by atoms with E-state index < -0.39 is 0 Å². The first-order chi connectivity index (χ1) is 9.58. The molecule has 0 saturated carbocycles. The van der Waals surface area contributed by atoms with E-state index >= 15 is 0 Å². The number of hydrogen-bond donors (Lipinski definition) is 2. The number of nitrogens with zero attached hydrogens (tertiary/aromatic N) is 2. The summed E-state index contributed by atoms with van der Waals surface area (Å²) in [5, 5.41) is 4.80. The molecule has 20 heavy (non-hydrogen) atoms. The number of nitrogens with two attached hydrogens (primary N) is 1. The summed E-state index contributed by atoms with van der Waals surface area (Å²) in [7, 11) is 1.89. The van der Waals surface area contributed by atoms with Gasteiger partial charge in [-0.25, -0.2) is 0 Å². The average Bonchev–Trinajstić information content (AvgIpc) is 2.81. The van der Waals surface area contributed by atoms with Crippen molar-refractivity contribution in [3.63, 3.8) is 0 Å². The molecule has 1 aromatic carbocycles. The van der Waals surface area contributed by atoms with Gasteiger partial charge in [-0.1, -0.05) is 17.7 Å². The minimum absolute atomic E-state index is 0.0156. The van der Waals surface area contributed by atoms with Gasteiger partial charge in [-0.05, 0) is 37.1 Å². The van der Waals surface area contributed by atoms with Crippen LogP contribution in [-0.4, -0.2) is 21.9 Å². The lowest BCUT2D eigenvalue weighted by molar-refractivity contribution is 0.169. The van der Waals surface area contributed by atoms with Crippen molar-refractivity contribution in [3.8, 4) is 5.75 Å². The van der Waals surface area contributed by atoms with Gasteiger partial charge in [0.2, 0.25) is 0 Å². The Labute approximate surface area is 123 Å². The summed E-state index contributed by atoms with van der Waals surface area (Å²) in [4.78, 5) is 0. The molecule has 1 aromatic heterocycles. The quantitative estimate of drug-likeness (QED) is 0.631. The van der Waals surface area contributed by atoms with Gasteiger partial charge >= 0.3 is 0 Å². The molecular weight excluding hydrogens is 276 g/mol. The average molecular weight is 295 g/mol. The van der Waals surface area contributed by atoms with Crippen molar-refractivity contribution in [2.45, 2.75) is 25.5 Å². The first kappa shape index (κ1) is 14.8. The van der Waals surface area contributed by atoms with Gasteiger partial charge in [0, 0.05) is 18.3 Å². The standard InChI is InChI=1S/C14H19ClN4O/c1-10(20-13-5-3-4-12(15)7-13)14(18-16)6-11-8-17-19(2)9-11/h3-5,7-10,14,18H,6,16H2,1-2H3. The van der Waals surface area contributed by atoms with Crippen molar-refractivity contribution in [1.82, 2.24) is 15.2 Å². The molecule has 0 bridgehead atoms. The van der Waals surface area contributed by atoms with Crippen LogP contribution >= 0.6 is 11.6 Å². The number of nitrogens with one attached hydrogen (secondary N) is 1. The highest BCUT2D eigenvalue weighted by Gasteiger charge is 2.19. The molecule has 0 fully saturated rings. The molecule has 2 rings (SSSR count). The van der Waals surface area contributed by atoms with E-state index in [9.17, 15) is 0 Å².